The Hall–Kier alpha value is -2.34. The van der Waals surface area contributed by atoms with Gasteiger partial charge in [-0.15, -0.1) is 0 Å². The first-order valence-corrected chi connectivity index (χ1v) is 8.61. The van der Waals surface area contributed by atoms with Gasteiger partial charge >= 0.3 is 0 Å². The van der Waals surface area contributed by atoms with E-state index in [9.17, 15) is 9.59 Å². The number of hydrogen-bond donors (Lipinski definition) is 2. The van der Waals surface area contributed by atoms with Gasteiger partial charge in [-0.1, -0.05) is 12.1 Å². The van der Waals surface area contributed by atoms with Crippen molar-refractivity contribution in [3.63, 3.8) is 0 Å². The molecule has 2 rings (SSSR count). The summed E-state index contributed by atoms with van der Waals surface area (Å²) in [6, 6.07) is 6.15. The molecule has 1 aromatic rings. The van der Waals surface area contributed by atoms with Gasteiger partial charge in [-0.3, -0.25) is 19.8 Å². The lowest BCUT2D eigenvalue weighted by molar-refractivity contribution is -0.121. The molecule has 0 atom stereocenters. The minimum absolute atomic E-state index is 0.220. The molecule has 1 saturated heterocycles. The normalized spacial score (nSPS) is 16.4. The zero-order valence-electron chi connectivity index (χ0n) is 15.2. The maximum absolute atomic E-state index is 11.5. The van der Waals surface area contributed by atoms with Crippen LogP contribution in [0.1, 0.15) is 24.0 Å². The fourth-order valence-corrected chi connectivity index (χ4v) is 2.91. The first-order valence-electron chi connectivity index (χ1n) is 8.61. The molecule has 0 aliphatic carbocycles. The van der Waals surface area contributed by atoms with Crippen LogP contribution in [0.2, 0.25) is 0 Å². The average molecular weight is 345 g/mol. The SMILES string of the molecule is CNC(=CC(=O)NC=O)CN1CCC(Oc2cccc(C)c2C)CC1. The number of carbonyl (C=O) groups is 2. The van der Waals surface area contributed by atoms with Crippen LogP contribution >= 0.6 is 0 Å². The average Bonchev–Trinajstić information content (AvgIpc) is 2.60. The van der Waals surface area contributed by atoms with Gasteiger partial charge in [-0.25, -0.2) is 0 Å². The second-order valence-corrected chi connectivity index (χ2v) is 6.34. The molecule has 0 aromatic heterocycles. The Balaban J connectivity index is 1.85. The van der Waals surface area contributed by atoms with Crippen LogP contribution in [0, 0.1) is 13.8 Å². The third-order valence-electron chi connectivity index (χ3n) is 4.60. The molecule has 1 heterocycles. The molecule has 2 N–H and O–H groups in total. The standard InChI is InChI=1S/C19H27N3O3/c1-14-5-4-6-18(15(14)2)25-17-7-9-22(10-8-17)12-16(20-3)11-19(24)21-13-23/h4-6,11,13,17,20H,7-10,12H2,1-3H3,(H,21,23,24). The van der Waals surface area contributed by atoms with E-state index in [2.05, 4.69) is 35.4 Å². The number of carbonyl (C=O) groups excluding carboxylic acids is 2. The Kier molecular flexibility index (Phi) is 7.01. The van der Waals surface area contributed by atoms with E-state index in [1.807, 2.05) is 12.1 Å². The highest BCUT2D eigenvalue weighted by molar-refractivity contribution is 5.94. The lowest BCUT2D eigenvalue weighted by atomic mass is 10.1. The minimum Gasteiger partial charge on any atom is -0.490 e. The molecule has 1 aliphatic heterocycles. The summed E-state index contributed by atoms with van der Waals surface area (Å²) in [5, 5.41) is 5.13. The zero-order chi connectivity index (χ0) is 18.2. The van der Waals surface area contributed by atoms with E-state index >= 15 is 0 Å². The summed E-state index contributed by atoms with van der Waals surface area (Å²) >= 11 is 0. The Morgan fingerprint density at radius 2 is 2.04 bits per heavy atom. The number of benzene rings is 1. The molecular weight excluding hydrogens is 318 g/mol. The summed E-state index contributed by atoms with van der Waals surface area (Å²) in [6.45, 7) is 6.65. The van der Waals surface area contributed by atoms with E-state index in [1.165, 1.54) is 17.2 Å². The maximum atomic E-state index is 11.5. The maximum Gasteiger partial charge on any atom is 0.252 e. The van der Waals surface area contributed by atoms with Crippen molar-refractivity contribution < 1.29 is 14.3 Å². The van der Waals surface area contributed by atoms with Crippen LogP contribution in [0.5, 0.6) is 5.75 Å². The smallest absolute Gasteiger partial charge is 0.252 e. The predicted molar refractivity (Wildman–Crippen MR) is 97.4 cm³/mol. The Morgan fingerprint density at radius 3 is 2.68 bits per heavy atom. The van der Waals surface area contributed by atoms with Gasteiger partial charge in [0, 0.05) is 38.5 Å². The number of nitrogens with one attached hydrogen (secondary N) is 2. The Bertz CT molecular complexity index is 635. The summed E-state index contributed by atoms with van der Waals surface area (Å²) in [5.41, 5.74) is 3.23. The van der Waals surface area contributed by atoms with Crippen molar-refractivity contribution in [1.29, 1.82) is 0 Å². The molecule has 0 saturated carbocycles. The molecule has 6 nitrogen and oxygen atoms in total. The number of imide groups is 1. The van der Waals surface area contributed by atoms with Crippen LogP contribution in [0.4, 0.5) is 0 Å². The molecule has 1 aliphatic rings. The van der Waals surface area contributed by atoms with Crippen molar-refractivity contribution >= 4 is 12.3 Å². The van der Waals surface area contributed by atoms with Gasteiger partial charge < -0.3 is 10.1 Å². The molecule has 0 radical (unpaired) electrons. The van der Waals surface area contributed by atoms with Crippen molar-refractivity contribution in [1.82, 2.24) is 15.5 Å². The second kappa shape index (κ2) is 9.22. The van der Waals surface area contributed by atoms with Gasteiger partial charge in [0.15, 0.2) is 0 Å². The zero-order valence-corrected chi connectivity index (χ0v) is 15.2. The number of rotatable bonds is 7. The number of ether oxygens (including phenoxy) is 1. The van der Waals surface area contributed by atoms with Crippen molar-refractivity contribution in [2.75, 3.05) is 26.7 Å². The topological polar surface area (TPSA) is 70.7 Å². The largest absolute Gasteiger partial charge is 0.490 e. The number of likely N-dealkylation sites (tertiary alicyclic amines) is 1. The van der Waals surface area contributed by atoms with Crippen LogP contribution in [-0.2, 0) is 9.59 Å². The van der Waals surface area contributed by atoms with Crippen molar-refractivity contribution in [2.24, 2.45) is 0 Å². The fraction of sp³-hybridized carbons (Fsp3) is 0.474. The molecule has 0 bridgehead atoms. The Morgan fingerprint density at radius 1 is 1.32 bits per heavy atom. The van der Waals surface area contributed by atoms with E-state index in [0.717, 1.165) is 37.4 Å². The van der Waals surface area contributed by atoms with Crippen LogP contribution in [0.3, 0.4) is 0 Å². The van der Waals surface area contributed by atoms with Gasteiger partial charge in [0.1, 0.15) is 11.9 Å². The molecular formula is C19H27N3O3. The summed E-state index contributed by atoms with van der Waals surface area (Å²) in [4.78, 5) is 24.0. The van der Waals surface area contributed by atoms with Crippen LogP contribution < -0.4 is 15.4 Å². The van der Waals surface area contributed by atoms with Crippen molar-refractivity contribution in [3.8, 4) is 5.75 Å². The van der Waals surface area contributed by atoms with Crippen LogP contribution in [0.15, 0.2) is 30.0 Å². The minimum atomic E-state index is -0.410. The number of amides is 2. The highest BCUT2D eigenvalue weighted by atomic mass is 16.5. The fourth-order valence-electron chi connectivity index (χ4n) is 2.91. The highest BCUT2D eigenvalue weighted by Gasteiger charge is 2.21. The molecule has 1 aromatic carbocycles. The van der Waals surface area contributed by atoms with Crippen LogP contribution in [0.25, 0.3) is 0 Å². The third kappa shape index (κ3) is 5.60. The number of aryl methyl sites for hydroxylation is 1. The summed E-state index contributed by atoms with van der Waals surface area (Å²) in [7, 11) is 1.77. The molecule has 0 spiro atoms. The number of piperidine rings is 1. The van der Waals surface area contributed by atoms with E-state index in [1.54, 1.807) is 7.05 Å². The van der Waals surface area contributed by atoms with Gasteiger partial charge in [-0.05, 0) is 43.9 Å². The highest BCUT2D eigenvalue weighted by Crippen LogP contribution is 2.24. The van der Waals surface area contributed by atoms with Gasteiger partial charge in [-0.2, -0.15) is 0 Å². The van der Waals surface area contributed by atoms with E-state index in [4.69, 9.17) is 4.74 Å². The van der Waals surface area contributed by atoms with Gasteiger partial charge in [0.2, 0.25) is 6.41 Å². The van der Waals surface area contributed by atoms with Gasteiger partial charge in [0.05, 0.1) is 0 Å². The van der Waals surface area contributed by atoms with E-state index < -0.39 is 5.91 Å². The second-order valence-electron chi connectivity index (χ2n) is 6.34. The number of hydrogen-bond acceptors (Lipinski definition) is 5. The first kappa shape index (κ1) is 19.0. The summed E-state index contributed by atoms with van der Waals surface area (Å²) in [6.07, 6.45) is 3.93. The first-order chi connectivity index (χ1) is 12.0. The van der Waals surface area contributed by atoms with Gasteiger partial charge in [0.25, 0.3) is 5.91 Å². The molecule has 25 heavy (non-hydrogen) atoms. The van der Waals surface area contributed by atoms with E-state index in [0.29, 0.717) is 13.0 Å². The summed E-state index contributed by atoms with van der Waals surface area (Å²) < 4.78 is 6.18. The molecule has 1 fully saturated rings. The van der Waals surface area contributed by atoms with Crippen molar-refractivity contribution in [3.05, 3.63) is 41.1 Å². The Labute approximate surface area is 149 Å². The lowest BCUT2D eigenvalue weighted by Crippen LogP contribution is -2.40. The molecule has 136 valence electrons. The number of likely N-dealkylation sites (N-methyl/N-ethyl adjacent to an activating group) is 1. The molecule has 6 heteroatoms. The van der Waals surface area contributed by atoms with Crippen LogP contribution in [-0.4, -0.2) is 50.0 Å². The molecule has 2 amide bonds. The lowest BCUT2D eigenvalue weighted by Gasteiger charge is -2.33. The summed E-state index contributed by atoms with van der Waals surface area (Å²) in [5.74, 6) is 0.562. The quantitative estimate of drug-likeness (QED) is 0.579. The van der Waals surface area contributed by atoms with E-state index in [-0.39, 0.29) is 6.10 Å². The third-order valence-corrected chi connectivity index (χ3v) is 4.60. The molecule has 0 unspecified atom stereocenters. The monoisotopic (exact) mass is 345 g/mol. The van der Waals surface area contributed by atoms with Crippen molar-refractivity contribution in [2.45, 2.75) is 32.8 Å². The predicted octanol–water partition coefficient (Wildman–Crippen LogP) is 1.52. The number of nitrogens with zero attached hydrogens (tertiary/aromatic N) is 1.